The fourth-order valence-corrected chi connectivity index (χ4v) is 4.94. The summed E-state index contributed by atoms with van der Waals surface area (Å²) >= 11 is 17.8. The Hall–Kier alpha value is -4.94. The number of nitrogens with one attached hydrogen (secondary N) is 1. The monoisotopic (exact) mass is 739 g/mol. The first-order valence-corrected chi connectivity index (χ1v) is 16.1. The maximum absolute atomic E-state index is 13.6. The quantitative estimate of drug-likeness (QED) is 0.0620. The van der Waals surface area contributed by atoms with E-state index in [-0.39, 0.29) is 22.3 Å². The Morgan fingerprint density at radius 1 is 0.540 bits per heavy atom. The summed E-state index contributed by atoms with van der Waals surface area (Å²) in [6.07, 6.45) is -8.34. The zero-order valence-electron chi connectivity index (χ0n) is 25.9. The lowest BCUT2D eigenvalue weighted by Gasteiger charge is -2.44. The zero-order chi connectivity index (χ0) is 35.7. The van der Waals surface area contributed by atoms with Crippen molar-refractivity contribution in [3.63, 3.8) is 0 Å². The van der Waals surface area contributed by atoms with Crippen LogP contribution in [-0.4, -0.2) is 70.9 Å². The summed E-state index contributed by atoms with van der Waals surface area (Å²) in [4.78, 5) is 53.5. The summed E-state index contributed by atoms with van der Waals surface area (Å²) in [6, 6.07) is 31.5. The van der Waals surface area contributed by atoms with Crippen LogP contribution in [0.2, 0.25) is 0 Å². The molecule has 0 bridgehead atoms. The molecule has 1 fully saturated rings. The largest absolute Gasteiger partial charge is 0.459 e. The van der Waals surface area contributed by atoms with Gasteiger partial charge in [0.15, 0.2) is 12.2 Å². The molecule has 1 saturated heterocycles. The highest BCUT2D eigenvalue weighted by Gasteiger charge is 2.55. The van der Waals surface area contributed by atoms with E-state index in [1.165, 1.54) is 48.5 Å². The molecule has 1 heterocycles. The van der Waals surface area contributed by atoms with Gasteiger partial charge in [-0.1, -0.05) is 108 Å². The number of carbonyl (C=O) groups is 4. The van der Waals surface area contributed by atoms with Crippen molar-refractivity contribution < 1.29 is 47.6 Å². The molecule has 5 atom stereocenters. The molecule has 11 nitrogen and oxygen atoms in total. The van der Waals surface area contributed by atoms with Gasteiger partial charge < -0.3 is 28.4 Å². The van der Waals surface area contributed by atoms with Crippen molar-refractivity contribution in [3.05, 3.63) is 144 Å². The maximum atomic E-state index is 13.6. The average molecular weight is 741 g/mol. The predicted molar refractivity (Wildman–Crippen MR) is 181 cm³/mol. The number of rotatable bonds is 10. The van der Waals surface area contributed by atoms with E-state index in [4.69, 9.17) is 68.6 Å². The minimum absolute atomic E-state index is 0.0904. The smallest absolute Gasteiger partial charge is 0.338 e. The van der Waals surface area contributed by atoms with Crippen LogP contribution in [0.25, 0.3) is 0 Å². The summed E-state index contributed by atoms with van der Waals surface area (Å²) in [5, 5.41) is 8.26. The van der Waals surface area contributed by atoms with E-state index in [1.54, 1.807) is 72.8 Å². The van der Waals surface area contributed by atoms with Crippen molar-refractivity contribution >= 4 is 64.6 Å². The highest BCUT2D eigenvalue weighted by Crippen LogP contribution is 2.35. The van der Waals surface area contributed by atoms with Crippen LogP contribution in [0, 0.1) is 5.41 Å². The normalized spacial score (nSPS) is 20.1. The van der Waals surface area contributed by atoms with E-state index >= 15 is 0 Å². The number of hydrogen-bond donors (Lipinski definition) is 1. The average Bonchev–Trinajstić information content (AvgIpc) is 3.13. The minimum atomic E-state index is -2.40. The lowest BCUT2D eigenvalue weighted by Crippen LogP contribution is -2.63. The van der Waals surface area contributed by atoms with Crippen LogP contribution in [0.3, 0.4) is 0 Å². The van der Waals surface area contributed by atoms with Gasteiger partial charge >= 0.3 is 23.9 Å². The van der Waals surface area contributed by atoms with Gasteiger partial charge in [-0.05, 0) is 48.5 Å². The van der Waals surface area contributed by atoms with Crippen LogP contribution in [-0.2, 0) is 28.4 Å². The number of carbonyl (C=O) groups excluding carboxylic acids is 4. The fourth-order valence-electron chi connectivity index (χ4n) is 4.81. The van der Waals surface area contributed by atoms with Crippen LogP contribution in [0.1, 0.15) is 41.4 Å². The second-order valence-electron chi connectivity index (χ2n) is 10.7. The summed E-state index contributed by atoms with van der Waals surface area (Å²) < 4.78 is 32.5. The number of esters is 4. The molecule has 4 aromatic rings. The molecule has 0 aromatic heterocycles. The lowest BCUT2D eigenvalue weighted by molar-refractivity contribution is -0.279. The summed E-state index contributed by atoms with van der Waals surface area (Å²) in [5.74, 6) is -4.41. The molecule has 1 aliphatic rings. The van der Waals surface area contributed by atoms with Crippen molar-refractivity contribution in [2.24, 2.45) is 0 Å². The van der Waals surface area contributed by atoms with Crippen LogP contribution < -0.4 is 0 Å². The molecule has 0 amide bonds. The van der Waals surface area contributed by atoms with Crippen LogP contribution in [0.15, 0.2) is 121 Å². The number of alkyl halides is 3. The Labute approximate surface area is 301 Å². The molecule has 0 aliphatic carbocycles. The molecule has 50 heavy (non-hydrogen) atoms. The Balaban J connectivity index is 1.58. The molecule has 1 aliphatic heterocycles. The summed E-state index contributed by atoms with van der Waals surface area (Å²) in [6.45, 7) is -0.597. The topological polar surface area (TPSA) is 148 Å². The van der Waals surface area contributed by atoms with Gasteiger partial charge in [-0.2, -0.15) is 0 Å². The van der Waals surface area contributed by atoms with Gasteiger partial charge in [0.25, 0.3) is 3.79 Å². The molecule has 0 saturated carbocycles. The van der Waals surface area contributed by atoms with Gasteiger partial charge in [0.2, 0.25) is 18.3 Å². The molecule has 258 valence electrons. The number of hydrogen-bond acceptors (Lipinski definition) is 11. The molecule has 0 radical (unpaired) electrons. The van der Waals surface area contributed by atoms with Gasteiger partial charge in [0.1, 0.15) is 12.7 Å². The maximum Gasteiger partial charge on any atom is 0.338 e. The number of benzene rings is 4. The van der Waals surface area contributed by atoms with E-state index in [0.717, 1.165) is 0 Å². The SMILES string of the molecule is N=C(O[C@H]1OC(COC(=O)c2ccccc2)[C@@H](OC(=O)c2ccccc2)C(OC(=O)c2ccccc2)C1OC(=O)c1ccccc1)C(Cl)(Cl)Cl. The third-order valence-corrected chi connectivity index (χ3v) is 7.74. The third-order valence-electron chi connectivity index (χ3n) is 7.23. The first kappa shape index (κ1) is 36.3. The number of halogens is 3. The zero-order valence-corrected chi connectivity index (χ0v) is 28.1. The minimum Gasteiger partial charge on any atom is -0.459 e. The molecule has 4 aromatic carbocycles. The van der Waals surface area contributed by atoms with Crippen LogP contribution in [0.4, 0.5) is 0 Å². The van der Waals surface area contributed by atoms with Crippen LogP contribution in [0.5, 0.6) is 0 Å². The Morgan fingerprint density at radius 3 is 1.30 bits per heavy atom. The molecule has 14 heteroatoms. The van der Waals surface area contributed by atoms with Crippen LogP contribution >= 0.6 is 34.8 Å². The van der Waals surface area contributed by atoms with Gasteiger partial charge in [0.05, 0.1) is 22.3 Å². The van der Waals surface area contributed by atoms with E-state index in [9.17, 15) is 19.2 Å². The first-order valence-electron chi connectivity index (χ1n) is 15.0. The van der Waals surface area contributed by atoms with Crippen molar-refractivity contribution in [2.45, 2.75) is 34.5 Å². The highest BCUT2D eigenvalue weighted by molar-refractivity contribution is 6.76. The highest BCUT2D eigenvalue weighted by atomic mass is 35.6. The number of ether oxygens (including phenoxy) is 6. The second-order valence-corrected chi connectivity index (χ2v) is 12.9. The van der Waals surface area contributed by atoms with E-state index in [1.807, 2.05) is 0 Å². The van der Waals surface area contributed by atoms with Crippen molar-refractivity contribution in [1.82, 2.24) is 0 Å². The molecule has 0 spiro atoms. The molecule has 3 unspecified atom stereocenters. The van der Waals surface area contributed by atoms with Gasteiger partial charge in [-0.25, -0.2) is 19.2 Å². The van der Waals surface area contributed by atoms with Crippen molar-refractivity contribution in [2.75, 3.05) is 6.61 Å². The van der Waals surface area contributed by atoms with E-state index in [2.05, 4.69) is 0 Å². The Bertz CT molecular complexity index is 1790. The fraction of sp³-hybridized carbons (Fsp3) is 0.194. The molecular formula is C36H28Cl3NO10. The summed E-state index contributed by atoms with van der Waals surface area (Å²) in [7, 11) is 0. The molecule has 1 N–H and O–H groups in total. The standard InChI is InChI=1S/C36H28Cl3NO10/c37-36(38,39)35(40)50-34-29(49-33(44)25-19-11-4-12-20-25)28(48-32(43)24-17-9-3-10-18-24)27(47-31(42)23-15-7-2-8-16-23)26(46-34)21-45-30(41)22-13-5-1-6-14-22/h1-20,26-29,34,40H,21H2/t26?,27-,28?,29?,34-/m1/s1. The summed E-state index contributed by atoms with van der Waals surface area (Å²) in [5.41, 5.74) is 0.509. The van der Waals surface area contributed by atoms with Gasteiger partial charge in [-0.3, -0.25) is 5.41 Å². The first-order chi connectivity index (χ1) is 24.0. The Morgan fingerprint density at radius 2 is 0.900 bits per heavy atom. The van der Waals surface area contributed by atoms with Gasteiger partial charge in [0, 0.05) is 0 Å². The van der Waals surface area contributed by atoms with E-state index in [0.29, 0.717) is 0 Å². The second kappa shape index (κ2) is 16.6. The Kier molecular flexibility index (Phi) is 12.1. The van der Waals surface area contributed by atoms with Crippen molar-refractivity contribution in [3.8, 4) is 0 Å². The van der Waals surface area contributed by atoms with Crippen molar-refractivity contribution in [1.29, 1.82) is 5.41 Å². The lowest BCUT2D eigenvalue weighted by atomic mass is 9.97. The predicted octanol–water partition coefficient (Wildman–Crippen LogP) is 6.61. The van der Waals surface area contributed by atoms with E-state index < -0.39 is 70.9 Å². The van der Waals surface area contributed by atoms with Gasteiger partial charge in [-0.15, -0.1) is 0 Å². The molecular weight excluding hydrogens is 713 g/mol. The molecule has 5 rings (SSSR count). The third kappa shape index (κ3) is 9.39.